The normalized spacial score (nSPS) is 11.6. The first kappa shape index (κ1) is 16.7. The molecule has 120 valence electrons. The first-order valence-electron chi connectivity index (χ1n) is 7.33. The van der Waals surface area contributed by atoms with Crippen molar-refractivity contribution >= 4 is 17.3 Å². The van der Waals surface area contributed by atoms with Crippen LogP contribution in [0, 0.1) is 0 Å². The summed E-state index contributed by atoms with van der Waals surface area (Å²) in [7, 11) is 0. The quantitative estimate of drug-likeness (QED) is 0.657. The summed E-state index contributed by atoms with van der Waals surface area (Å²) >= 11 is 0. The van der Waals surface area contributed by atoms with E-state index in [1.165, 1.54) is 0 Å². The number of aromatic hydroxyl groups is 1. The number of esters is 1. The van der Waals surface area contributed by atoms with E-state index < -0.39 is 5.60 Å². The number of phenols is 1. The number of ether oxygens (including phenoxy) is 1. The summed E-state index contributed by atoms with van der Waals surface area (Å²) in [5, 5.41) is 17.5. The molecule has 0 saturated carbocycles. The summed E-state index contributed by atoms with van der Waals surface area (Å²) in [5.41, 5.74) is 1.62. The van der Waals surface area contributed by atoms with Crippen LogP contribution in [0.3, 0.4) is 0 Å². The van der Waals surface area contributed by atoms with Gasteiger partial charge >= 0.3 is 5.97 Å². The van der Waals surface area contributed by atoms with Gasteiger partial charge in [0.25, 0.3) is 0 Å². The second-order valence-electron chi connectivity index (χ2n) is 6.15. The van der Waals surface area contributed by atoms with E-state index in [4.69, 9.17) is 4.74 Å². The summed E-state index contributed by atoms with van der Waals surface area (Å²) in [6.07, 6.45) is 0.194. The molecule has 2 aromatic rings. The number of hydrogen-bond acceptors (Lipinski definition) is 5. The lowest BCUT2D eigenvalue weighted by Gasteiger charge is -2.19. The fraction of sp³-hybridized carbons (Fsp3) is 0.278. The van der Waals surface area contributed by atoms with Gasteiger partial charge in [0.2, 0.25) is 0 Å². The van der Waals surface area contributed by atoms with Gasteiger partial charge in [-0.05, 0) is 62.7 Å². The highest BCUT2D eigenvalue weighted by Crippen LogP contribution is 2.21. The van der Waals surface area contributed by atoms with Crippen LogP contribution >= 0.6 is 0 Å². The minimum absolute atomic E-state index is 0.184. The van der Waals surface area contributed by atoms with Crippen molar-refractivity contribution in [2.75, 3.05) is 0 Å². The molecule has 5 nitrogen and oxygen atoms in total. The average Bonchev–Trinajstić information content (AvgIpc) is 2.45. The number of azo groups is 1. The molecule has 23 heavy (non-hydrogen) atoms. The van der Waals surface area contributed by atoms with E-state index in [1.807, 2.05) is 39.0 Å². The van der Waals surface area contributed by atoms with E-state index in [-0.39, 0.29) is 18.1 Å². The van der Waals surface area contributed by atoms with Gasteiger partial charge in [-0.2, -0.15) is 10.2 Å². The minimum atomic E-state index is -0.493. The number of hydrogen-bond donors (Lipinski definition) is 1. The number of carbonyl (C=O) groups is 1. The molecule has 1 N–H and O–H groups in total. The van der Waals surface area contributed by atoms with Gasteiger partial charge in [-0.15, -0.1) is 0 Å². The molecule has 0 spiro atoms. The molecule has 0 bridgehead atoms. The number of nitrogens with zero attached hydrogens (tertiary/aromatic N) is 2. The Labute approximate surface area is 135 Å². The molecule has 0 fully saturated rings. The Morgan fingerprint density at radius 2 is 1.70 bits per heavy atom. The average molecular weight is 312 g/mol. The van der Waals surface area contributed by atoms with Crippen molar-refractivity contribution in [1.82, 2.24) is 0 Å². The van der Waals surface area contributed by atoms with Gasteiger partial charge in [0.15, 0.2) is 0 Å². The van der Waals surface area contributed by atoms with Crippen molar-refractivity contribution in [1.29, 1.82) is 0 Å². The summed E-state index contributed by atoms with van der Waals surface area (Å²) < 4.78 is 5.31. The topological polar surface area (TPSA) is 71.2 Å². The third-order valence-electron chi connectivity index (χ3n) is 2.81. The molecule has 0 amide bonds. The maximum absolute atomic E-state index is 11.9. The van der Waals surface area contributed by atoms with Crippen LogP contribution in [0.25, 0.3) is 0 Å². The monoisotopic (exact) mass is 312 g/mol. The van der Waals surface area contributed by atoms with Crippen LogP contribution < -0.4 is 0 Å². The Balaban J connectivity index is 2.05. The Kier molecular flexibility index (Phi) is 5.11. The number of phenolic OH excluding ortho intramolecular Hbond substituents is 1. The number of benzene rings is 2. The zero-order valence-corrected chi connectivity index (χ0v) is 13.5. The third kappa shape index (κ3) is 5.90. The van der Waals surface area contributed by atoms with Gasteiger partial charge in [-0.25, -0.2) is 0 Å². The third-order valence-corrected chi connectivity index (χ3v) is 2.81. The molecule has 0 aromatic heterocycles. The van der Waals surface area contributed by atoms with Crippen LogP contribution in [-0.4, -0.2) is 16.7 Å². The molecule has 0 atom stereocenters. The number of carbonyl (C=O) groups excluding carboxylic acids is 1. The fourth-order valence-electron chi connectivity index (χ4n) is 1.91. The molecule has 2 rings (SSSR count). The molecule has 0 heterocycles. The highest BCUT2D eigenvalue weighted by Gasteiger charge is 2.16. The lowest BCUT2D eigenvalue weighted by molar-refractivity contribution is -0.153. The summed E-state index contributed by atoms with van der Waals surface area (Å²) in [5.74, 6) is -0.0894. The van der Waals surface area contributed by atoms with Gasteiger partial charge in [0.1, 0.15) is 11.4 Å². The molecule has 0 radical (unpaired) electrons. The minimum Gasteiger partial charge on any atom is -0.508 e. The first-order chi connectivity index (χ1) is 10.8. The van der Waals surface area contributed by atoms with Gasteiger partial charge in [0.05, 0.1) is 17.8 Å². The van der Waals surface area contributed by atoms with Crippen LogP contribution in [0.4, 0.5) is 11.4 Å². The maximum Gasteiger partial charge on any atom is 0.310 e. The highest BCUT2D eigenvalue weighted by molar-refractivity contribution is 5.73. The van der Waals surface area contributed by atoms with E-state index in [0.717, 1.165) is 5.56 Å². The summed E-state index contributed by atoms with van der Waals surface area (Å²) in [4.78, 5) is 11.9. The molecule has 0 saturated heterocycles. The Morgan fingerprint density at radius 1 is 1.04 bits per heavy atom. The van der Waals surface area contributed by atoms with Gasteiger partial charge < -0.3 is 9.84 Å². The van der Waals surface area contributed by atoms with Crippen LogP contribution in [0.15, 0.2) is 58.8 Å². The zero-order chi connectivity index (χ0) is 16.9. The van der Waals surface area contributed by atoms with E-state index in [1.54, 1.807) is 30.3 Å². The van der Waals surface area contributed by atoms with Crippen LogP contribution in [0.2, 0.25) is 0 Å². The van der Waals surface area contributed by atoms with Crippen molar-refractivity contribution in [2.45, 2.75) is 32.8 Å². The Hall–Kier alpha value is -2.69. The van der Waals surface area contributed by atoms with Gasteiger partial charge in [0, 0.05) is 0 Å². The molecular weight excluding hydrogens is 292 g/mol. The van der Waals surface area contributed by atoms with Crippen molar-refractivity contribution in [2.24, 2.45) is 10.2 Å². The van der Waals surface area contributed by atoms with E-state index >= 15 is 0 Å². The Bertz CT molecular complexity index is 701. The van der Waals surface area contributed by atoms with Crippen molar-refractivity contribution in [3.63, 3.8) is 0 Å². The highest BCUT2D eigenvalue weighted by atomic mass is 16.6. The zero-order valence-electron chi connectivity index (χ0n) is 13.5. The predicted octanol–water partition coefficient (Wildman–Crippen LogP) is 4.69. The SMILES string of the molecule is CC(C)(C)OC(=O)Cc1cccc(N=Nc2ccc(O)cc2)c1. The second-order valence-corrected chi connectivity index (χ2v) is 6.15. The molecule has 0 aliphatic rings. The lowest BCUT2D eigenvalue weighted by atomic mass is 10.1. The number of rotatable bonds is 4. The van der Waals surface area contributed by atoms with E-state index in [2.05, 4.69) is 10.2 Å². The summed E-state index contributed by atoms with van der Waals surface area (Å²) in [6, 6.07) is 13.7. The first-order valence-corrected chi connectivity index (χ1v) is 7.33. The van der Waals surface area contributed by atoms with E-state index in [0.29, 0.717) is 11.4 Å². The smallest absolute Gasteiger partial charge is 0.310 e. The Morgan fingerprint density at radius 3 is 2.35 bits per heavy atom. The predicted molar refractivity (Wildman–Crippen MR) is 88.3 cm³/mol. The molecular formula is C18H20N2O3. The van der Waals surface area contributed by atoms with E-state index in [9.17, 15) is 9.90 Å². The maximum atomic E-state index is 11.9. The van der Waals surface area contributed by atoms with Crippen LogP contribution in [0.1, 0.15) is 26.3 Å². The summed E-state index contributed by atoms with van der Waals surface area (Å²) in [6.45, 7) is 5.52. The lowest BCUT2D eigenvalue weighted by Crippen LogP contribution is -2.24. The molecule has 0 unspecified atom stereocenters. The largest absolute Gasteiger partial charge is 0.508 e. The molecule has 5 heteroatoms. The van der Waals surface area contributed by atoms with Crippen molar-refractivity contribution in [3.05, 3.63) is 54.1 Å². The van der Waals surface area contributed by atoms with Crippen LogP contribution in [0.5, 0.6) is 5.75 Å². The fourth-order valence-corrected chi connectivity index (χ4v) is 1.91. The van der Waals surface area contributed by atoms with Crippen LogP contribution in [-0.2, 0) is 16.0 Å². The molecule has 0 aliphatic heterocycles. The van der Waals surface area contributed by atoms with Gasteiger partial charge in [-0.1, -0.05) is 12.1 Å². The molecule has 2 aromatic carbocycles. The van der Waals surface area contributed by atoms with Crippen molar-refractivity contribution < 1.29 is 14.6 Å². The second kappa shape index (κ2) is 7.05. The standard InChI is InChI=1S/C18H20N2O3/c1-18(2,3)23-17(22)12-13-5-4-6-15(11-13)20-19-14-7-9-16(21)10-8-14/h4-11,21H,12H2,1-3H3. The van der Waals surface area contributed by atoms with Crippen molar-refractivity contribution in [3.8, 4) is 5.75 Å². The van der Waals surface area contributed by atoms with Gasteiger partial charge in [-0.3, -0.25) is 4.79 Å². The molecule has 0 aliphatic carbocycles.